The highest BCUT2D eigenvalue weighted by atomic mass is 16.3. The highest BCUT2D eigenvalue weighted by molar-refractivity contribution is 5.14. The molecule has 22 heavy (non-hydrogen) atoms. The molecule has 0 radical (unpaired) electrons. The lowest BCUT2D eigenvalue weighted by Crippen LogP contribution is -2.45. The van der Waals surface area contributed by atoms with Crippen LogP contribution in [0, 0.1) is 6.92 Å². The average Bonchev–Trinajstić information content (AvgIpc) is 2.93. The third-order valence-corrected chi connectivity index (χ3v) is 4.55. The Bertz CT molecular complexity index is 578. The highest BCUT2D eigenvalue weighted by Gasteiger charge is 2.23. The van der Waals surface area contributed by atoms with Gasteiger partial charge in [-0.1, -0.05) is 30.3 Å². The molecular formula is C19H26N2O. The Balaban J connectivity index is 1.55. The van der Waals surface area contributed by atoms with Crippen molar-refractivity contribution < 1.29 is 4.42 Å². The van der Waals surface area contributed by atoms with E-state index in [1.807, 2.05) is 6.92 Å². The molecule has 0 amide bonds. The van der Waals surface area contributed by atoms with Crippen molar-refractivity contribution in [3.8, 4) is 0 Å². The molecule has 1 atom stereocenters. The van der Waals surface area contributed by atoms with Crippen LogP contribution < -0.4 is 0 Å². The molecule has 0 saturated carbocycles. The van der Waals surface area contributed by atoms with E-state index in [4.69, 9.17) is 4.42 Å². The van der Waals surface area contributed by atoms with E-state index in [1.54, 1.807) is 0 Å². The molecular weight excluding hydrogens is 272 g/mol. The number of piperidine rings is 1. The zero-order chi connectivity index (χ0) is 15.4. The van der Waals surface area contributed by atoms with E-state index >= 15 is 0 Å². The Morgan fingerprint density at radius 1 is 1.18 bits per heavy atom. The lowest BCUT2D eigenvalue weighted by Gasteiger charge is -2.37. The van der Waals surface area contributed by atoms with E-state index in [9.17, 15) is 0 Å². The van der Waals surface area contributed by atoms with Gasteiger partial charge in [-0.05, 0) is 51.1 Å². The Labute approximate surface area is 133 Å². The van der Waals surface area contributed by atoms with E-state index in [2.05, 4.69) is 59.3 Å². The number of hydrogen-bond donors (Lipinski definition) is 0. The van der Waals surface area contributed by atoms with Gasteiger partial charge in [0.15, 0.2) is 0 Å². The minimum absolute atomic E-state index is 0.630. The van der Waals surface area contributed by atoms with E-state index in [0.29, 0.717) is 6.04 Å². The Morgan fingerprint density at radius 2 is 2.00 bits per heavy atom. The maximum atomic E-state index is 5.72. The summed E-state index contributed by atoms with van der Waals surface area (Å²) in [7, 11) is 2.25. The molecule has 0 aliphatic carbocycles. The van der Waals surface area contributed by atoms with Crippen LogP contribution in [0.5, 0.6) is 0 Å². The van der Waals surface area contributed by atoms with Crippen molar-refractivity contribution in [2.45, 2.75) is 38.9 Å². The molecule has 0 spiro atoms. The van der Waals surface area contributed by atoms with E-state index in [1.165, 1.54) is 24.9 Å². The van der Waals surface area contributed by atoms with Crippen LogP contribution in [0.2, 0.25) is 0 Å². The largest absolute Gasteiger partial charge is 0.465 e. The number of likely N-dealkylation sites (N-methyl/N-ethyl adjacent to an activating group) is 1. The van der Waals surface area contributed by atoms with Gasteiger partial charge in [-0.15, -0.1) is 0 Å². The topological polar surface area (TPSA) is 19.6 Å². The number of furan rings is 1. The highest BCUT2D eigenvalue weighted by Crippen LogP contribution is 2.19. The summed E-state index contributed by atoms with van der Waals surface area (Å²) in [5.41, 5.74) is 1.39. The minimum Gasteiger partial charge on any atom is -0.465 e. The van der Waals surface area contributed by atoms with Gasteiger partial charge in [-0.2, -0.15) is 0 Å². The quantitative estimate of drug-likeness (QED) is 0.839. The fourth-order valence-corrected chi connectivity index (χ4v) is 3.33. The average molecular weight is 298 g/mol. The van der Waals surface area contributed by atoms with Crippen LogP contribution in [0.15, 0.2) is 46.9 Å². The van der Waals surface area contributed by atoms with E-state index in [-0.39, 0.29) is 0 Å². The summed E-state index contributed by atoms with van der Waals surface area (Å²) in [6.07, 6.45) is 2.56. The fourth-order valence-electron chi connectivity index (χ4n) is 3.33. The number of benzene rings is 1. The standard InChI is InChI=1S/C19H26N2O/c1-16-10-11-19(22-16)15-21-12-6-9-18(14-21)20(2)13-17-7-4-3-5-8-17/h3-5,7-8,10-11,18H,6,9,12-15H2,1-2H3. The minimum atomic E-state index is 0.630. The zero-order valence-corrected chi connectivity index (χ0v) is 13.7. The molecule has 3 rings (SSSR count). The first kappa shape index (κ1) is 15.3. The number of aryl methyl sites for hydroxylation is 1. The van der Waals surface area contributed by atoms with Crippen molar-refractivity contribution >= 4 is 0 Å². The molecule has 1 aromatic carbocycles. The van der Waals surface area contributed by atoms with Crippen LogP contribution in [-0.2, 0) is 13.1 Å². The van der Waals surface area contributed by atoms with Crippen molar-refractivity contribution in [2.75, 3.05) is 20.1 Å². The van der Waals surface area contributed by atoms with Crippen LogP contribution >= 0.6 is 0 Å². The molecule has 2 aromatic rings. The fraction of sp³-hybridized carbons (Fsp3) is 0.474. The number of likely N-dealkylation sites (tertiary alicyclic amines) is 1. The summed E-state index contributed by atoms with van der Waals surface area (Å²) in [5, 5.41) is 0. The monoisotopic (exact) mass is 298 g/mol. The van der Waals surface area contributed by atoms with Gasteiger partial charge in [0.1, 0.15) is 11.5 Å². The van der Waals surface area contributed by atoms with Gasteiger partial charge < -0.3 is 4.42 Å². The smallest absolute Gasteiger partial charge is 0.118 e. The second-order valence-corrected chi connectivity index (χ2v) is 6.44. The summed E-state index contributed by atoms with van der Waals surface area (Å²) in [6, 6.07) is 15.5. The van der Waals surface area contributed by atoms with Crippen LogP contribution in [0.4, 0.5) is 0 Å². The van der Waals surface area contributed by atoms with Gasteiger partial charge in [0, 0.05) is 19.1 Å². The van der Waals surface area contributed by atoms with Crippen molar-refractivity contribution in [3.63, 3.8) is 0 Å². The van der Waals surface area contributed by atoms with Gasteiger partial charge in [0.2, 0.25) is 0 Å². The van der Waals surface area contributed by atoms with Crippen molar-refractivity contribution in [1.82, 2.24) is 9.80 Å². The zero-order valence-electron chi connectivity index (χ0n) is 13.7. The summed E-state index contributed by atoms with van der Waals surface area (Å²) >= 11 is 0. The molecule has 3 heteroatoms. The van der Waals surface area contributed by atoms with Crippen molar-refractivity contribution in [3.05, 3.63) is 59.5 Å². The number of hydrogen-bond acceptors (Lipinski definition) is 3. The van der Waals surface area contributed by atoms with Crippen molar-refractivity contribution in [1.29, 1.82) is 0 Å². The SMILES string of the molecule is Cc1ccc(CN2CCCC(N(C)Cc3ccccc3)C2)o1. The van der Waals surface area contributed by atoms with E-state index < -0.39 is 0 Å². The van der Waals surface area contributed by atoms with Crippen LogP contribution in [-0.4, -0.2) is 36.0 Å². The molecule has 118 valence electrons. The maximum Gasteiger partial charge on any atom is 0.118 e. The second-order valence-electron chi connectivity index (χ2n) is 6.44. The first-order chi connectivity index (χ1) is 10.7. The Hall–Kier alpha value is -1.58. The first-order valence-corrected chi connectivity index (χ1v) is 8.22. The molecule has 1 aromatic heterocycles. The molecule has 1 aliphatic heterocycles. The van der Waals surface area contributed by atoms with Crippen LogP contribution in [0.25, 0.3) is 0 Å². The van der Waals surface area contributed by atoms with Gasteiger partial charge in [-0.3, -0.25) is 9.80 Å². The lowest BCUT2D eigenvalue weighted by molar-refractivity contribution is 0.102. The van der Waals surface area contributed by atoms with E-state index in [0.717, 1.165) is 31.2 Å². The van der Waals surface area contributed by atoms with Crippen molar-refractivity contribution in [2.24, 2.45) is 0 Å². The normalized spacial score (nSPS) is 19.7. The summed E-state index contributed by atoms with van der Waals surface area (Å²) < 4.78 is 5.72. The summed E-state index contributed by atoms with van der Waals surface area (Å²) in [6.45, 7) is 6.28. The predicted molar refractivity (Wildman–Crippen MR) is 89.7 cm³/mol. The summed E-state index contributed by atoms with van der Waals surface area (Å²) in [4.78, 5) is 5.02. The molecule has 0 bridgehead atoms. The third-order valence-electron chi connectivity index (χ3n) is 4.55. The number of nitrogens with zero attached hydrogens (tertiary/aromatic N) is 2. The summed E-state index contributed by atoms with van der Waals surface area (Å²) in [5.74, 6) is 2.09. The molecule has 3 nitrogen and oxygen atoms in total. The second kappa shape index (κ2) is 7.12. The first-order valence-electron chi connectivity index (χ1n) is 8.22. The molecule has 1 fully saturated rings. The Kier molecular flexibility index (Phi) is 4.96. The van der Waals surface area contributed by atoms with Crippen LogP contribution in [0.3, 0.4) is 0 Å². The molecule has 0 N–H and O–H groups in total. The Morgan fingerprint density at radius 3 is 2.73 bits per heavy atom. The van der Waals surface area contributed by atoms with Gasteiger partial charge in [0.05, 0.1) is 6.54 Å². The molecule has 1 aliphatic rings. The molecule has 1 saturated heterocycles. The van der Waals surface area contributed by atoms with Crippen LogP contribution in [0.1, 0.15) is 29.9 Å². The third kappa shape index (κ3) is 3.99. The van der Waals surface area contributed by atoms with Gasteiger partial charge in [-0.25, -0.2) is 0 Å². The number of rotatable bonds is 5. The van der Waals surface area contributed by atoms with Gasteiger partial charge >= 0.3 is 0 Å². The lowest BCUT2D eigenvalue weighted by atomic mass is 10.0. The van der Waals surface area contributed by atoms with Gasteiger partial charge in [0.25, 0.3) is 0 Å². The molecule has 2 heterocycles. The predicted octanol–water partition coefficient (Wildman–Crippen LogP) is 3.68. The maximum absolute atomic E-state index is 5.72. The molecule has 1 unspecified atom stereocenters.